The van der Waals surface area contributed by atoms with Crippen molar-refractivity contribution in [3.63, 3.8) is 0 Å². The predicted octanol–water partition coefficient (Wildman–Crippen LogP) is 1.83. The lowest BCUT2D eigenvalue weighted by Crippen LogP contribution is -1.83. The fourth-order valence-corrected chi connectivity index (χ4v) is 1.65. The van der Waals surface area contributed by atoms with Gasteiger partial charge < -0.3 is 0 Å². The summed E-state index contributed by atoms with van der Waals surface area (Å²) in [5.74, 6) is 0. The number of aryl methyl sites for hydroxylation is 2. The van der Waals surface area contributed by atoms with Gasteiger partial charge in [0.15, 0.2) is 11.3 Å². The Hall–Kier alpha value is -0.700. The fourth-order valence-electron chi connectivity index (χ4n) is 0.829. The molecule has 10 heavy (non-hydrogen) atoms. The molecule has 0 saturated heterocycles. The summed E-state index contributed by atoms with van der Waals surface area (Å²) in [5, 5.41) is 0.592. The zero-order valence-corrected chi connectivity index (χ0v) is 6.86. The number of rotatable bonds is 2. The lowest BCUT2D eigenvalue weighted by molar-refractivity contribution is 0.112. The molecule has 1 heterocycles. The van der Waals surface area contributed by atoms with Crippen molar-refractivity contribution in [2.45, 2.75) is 20.3 Å². The lowest BCUT2D eigenvalue weighted by Gasteiger charge is -1.85. The van der Waals surface area contributed by atoms with Crippen molar-refractivity contribution in [3.05, 3.63) is 15.6 Å². The van der Waals surface area contributed by atoms with Gasteiger partial charge in [-0.2, -0.15) is 0 Å². The SMILES string of the molecule is CCc1nc(C=O)sc1C. The van der Waals surface area contributed by atoms with Crippen LogP contribution in [-0.4, -0.2) is 11.3 Å². The Balaban J connectivity index is 3.03. The number of hydrogen-bond acceptors (Lipinski definition) is 3. The molecule has 0 unspecified atom stereocenters. The molecule has 1 rings (SSSR count). The number of carbonyl (C=O) groups is 1. The molecule has 0 spiro atoms. The Kier molecular flexibility index (Phi) is 2.17. The van der Waals surface area contributed by atoms with E-state index in [1.165, 1.54) is 11.3 Å². The summed E-state index contributed by atoms with van der Waals surface area (Å²) in [6.07, 6.45) is 1.72. The van der Waals surface area contributed by atoms with Crippen LogP contribution >= 0.6 is 11.3 Å². The second kappa shape index (κ2) is 2.92. The molecule has 0 aliphatic rings. The third kappa shape index (κ3) is 1.24. The first kappa shape index (κ1) is 7.41. The van der Waals surface area contributed by atoms with Crippen LogP contribution in [0.1, 0.15) is 27.3 Å². The van der Waals surface area contributed by atoms with Crippen molar-refractivity contribution < 1.29 is 4.79 Å². The minimum atomic E-state index is 0.592. The number of carbonyl (C=O) groups excluding carboxylic acids is 1. The topological polar surface area (TPSA) is 30.0 Å². The first-order chi connectivity index (χ1) is 4.77. The summed E-state index contributed by atoms with van der Waals surface area (Å²) < 4.78 is 0. The Morgan fingerprint density at radius 3 is 2.70 bits per heavy atom. The molecule has 0 saturated carbocycles. The van der Waals surface area contributed by atoms with Crippen molar-refractivity contribution >= 4 is 17.6 Å². The van der Waals surface area contributed by atoms with E-state index in [-0.39, 0.29) is 0 Å². The molecule has 0 aromatic carbocycles. The van der Waals surface area contributed by atoms with Gasteiger partial charge in [-0.05, 0) is 13.3 Å². The van der Waals surface area contributed by atoms with E-state index < -0.39 is 0 Å². The van der Waals surface area contributed by atoms with E-state index in [9.17, 15) is 4.79 Å². The molecule has 0 bridgehead atoms. The number of thiazole rings is 1. The maximum Gasteiger partial charge on any atom is 0.178 e. The van der Waals surface area contributed by atoms with Crippen LogP contribution in [0.3, 0.4) is 0 Å². The lowest BCUT2D eigenvalue weighted by atomic mass is 10.3. The Morgan fingerprint density at radius 2 is 2.40 bits per heavy atom. The van der Waals surface area contributed by atoms with Crippen LogP contribution < -0.4 is 0 Å². The van der Waals surface area contributed by atoms with Gasteiger partial charge in [0.2, 0.25) is 0 Å². The highest BCUT2D eigenvalue weighted by Gasteiger charge is 2.02. The first-order valence-electron chi connectivity index (χ1n) is 3.19. The highest BCUT2D eigenvalue weighted by molar-refractivity contribution is 7.13. The fraction of sp³-hybridized carbons (Fsp3) is 0.429. The molecule has 0 atom stereocenters. The Morgan fingerprint density at radius 1 is 1.70 bits per heavy atom. The van der Waals surface area contributed by atoms with Gasteiger partial charge in [0.25, 0.3) is 0 Å². The molecule has 0 aliphatic carbocycles. The van der Waals surface area contributed by atoms with Crippen LogP contribution in [0.4, 0.5) is 0 Å². The zero-order valence-electron chi connectivity index (χ0n) is 6.05. The molecular weight excluding hydrogens is 146 g/mol. The van der Waals surface area contributed by atoms with Crippen molar-refractivity contribution in [2.75, 3.05) is 0 Å². The van der Waals surface area contributed by atoms with Gasteiger partial charge in [0.1, 0.15) is 0 Å². The van der Waals surface area contributed by atoms with E-state index >= 15 is 0 Å². The molecule has 0 N–H and O–H groups in total. The average Bonchev–Trinajstić information content (AvgIpc) is 2.30. The standard InChI is InChI=1S/C7H9NOS/c1-3-6-5(2)10-7(4-9)8-6/h4H,3H2,1-2H3. The molecule has 0 fully saturated rings. The van der Waals surface area contributed by atoms with E-state index in [2.05, 4.69) is 4.98 Å². The van der Waals surface area contributed by atoms with E-state index in [4.69, 9.17) is 0 Å². The summed E-state index contributed by atoms with van der Waals surface area (Å²) in [5.41, 5.74) is 1.05. The van der Waals surface area contributed by atoms with Crippen LogP contribution in [0.25, 0.3) is 0 Å². The summed E-state index contributed by atoms with van der Waals surface area (Å²) in [7, 11) is 0. The highest BCUT2D eigenvalue weighted by Crippen LogP contribution is 2.15. The molecule has 54 valence electrons. The summed E-state index contributed by atoms with van der Waals surface area (Å²) in [4.78, 5) is 15.5. The summed E-state index contributed by atoms with van der Waals surface area (Å²) in [6.45, 7) is 4.03. The van der Waals surface area contributed by atoms with Gasteiger partial charge in [-0.3, -0.25) is 4.79 Å². The second-order valence-corrected chi connectivity index (χ2v) is 3.26. The monoisotopic (exact) mass is 155 g/mol. The maximum atomic E-state index is 10.2. The molecular formula is C7H9NOS. The van der Waals surface area contributed by atoms with Crippen LogP contribution in [-0.2, 0) is 6.42 Å². The van der Waals surface area contributed by atoms with Crippen LogP contribution in [0.5, 0.6) is 0 Å². The van der Waals surface area contributed by atoms with Crippen molar-refractivity contribution in [3.8, 4) is 0 Å². The third-order valence-electron chi connectivity index (χ3n) is 1.34. The summed E-state index contributed by atoms with van der Waals surface area (Å²) >= 11 is 1.46. The van der Waals surface area contributed by atoms with Crippen LogP contribution in [0, 0.1) is 6.92 Å². The van der Waals surface area contributed by atoms with Crippen LogP contribution in [0.15, 0.2) is 0 Å². The largest absolute Gasteiger partial charge is 0.295 e. The number of aromatic nitrogens is 1. The number of aldehydes is 1. The zero-order chi connectivity index (χ0) is 7.56. The van der Waals surface area contributed by atoms with Gasteiger partial charge >= 0.3 is 0 Å². The second-order valence-electron chi connectivity index (χ2n) is 2.03. The quantitative estimate of drug-likeness (QED) is 0.610. The average molecular weight is 155 g/mol. The number of hydrogen-bond donors (Lipinski definition) is 0. The smallest absolute Gasteiger partial charge is 0.178 e. The predicted molar refractivity (Wildman–Crippen MR) is 41.6 cm³/mol. The molecule has 0 aliphatic heterocycles. The van der Waals surface area contributed by atoms with E-state index in [0.29, 0.717) is 5.01 Å². The molecule has 1 aromatic rings. The van der Waals surface area contributed by atoms with E-state index in [1.807, 2.05) is 13.8 Å². The van der Waals surface area contributed by atoms with Gasteiger partial charge in [-0.25, -0.2) is 4.98 Å². The van der Waals surface area contributed by atoms with Gasteiger partial charge in [0.05, 0.1) is 5.69 Å². The molecule has 0 amide bonds. The van der Waals surface area contributed by atoms with E-state index in [1.54, 1.807) is 0 Å². The molecule has 3 heteroatoms. The summed E-state index contributed by atoms with van der Waals surface area (Å²) in [6, 6.07) is 0. The van der Waals surface area contributed by atoms with E-state index in [0.717, 1.165) is 23.3 Å². The highest BCUT2D eigenvalue weighted by atomic mass is 32.1. The molecule has 1 aromatic heterocycles. The Labute approximate surface area is 63.9 Å². The van der Waals surface area contributed by atoms with Gasteiger partial charge in [0, 0.05) is 4.88 Å². The first-order valence-corrected chi connectivity index (χ1v) is 4.01. The van der Waals surface area contributed by atoms with Crippen molar-refractivity contribution in [1.82, 2.24) is 4.98 Å². The maximum absolute atomic E-state index is 10.2. The molecule has 2 nitrogen and oxygen atoms in total. The van der Waals surface area contributed by atoms with Gasteiger partial charge in [-0.15, -0.1) is 11.3 Å². The molecule has 0 radical (unpaired) electrons. The number of nitrogens with zero attached hydrogens (tertiary/aromatic N) is 1. The third-order valence-corrected chi connectivity index (χ3v) is 2.28. The minimum Gasteiger partial charge on any atom is -0.295 e. The van der Waals surface area contributed by atoms with Crippen molar-refractivity contribution in [2.24, 2.45) is 0 Å². The minimum absolute atomic E-state index is 0.592. The van der Waals surface area contributed by atoms with Crippen molar-refractivity contribution in [1.29, 1.82) is 0 Å². The van der Waals surface area contributed by atoms with Crippen LogP contribution in [0.2, 0.25) is 0 Å². The normalized spacial score (nSPS) is 9.80. The Bertz CT molecular complexity index is 242. The van der Waals surface area contributed by atoms with Gasteiger partial charge in [-0.1, -0.05) is 6.92 Å².